The largest absolute Gasteiger partial charge is 0.507 e. The SMILES string of the molecule is [2H]C([2H])([2H])c1cc(-c2cc(-c3ccc(C(C)(C)c4ccccc4)cc3)ccn2)cc(-c2cccc3c2nc(-c2cccc(C(C)(C)C)c2O)n3-c2ccc(-c3ccccc3)cc2C(C)(C)C)c1. The number of aromatic nitrogens is 3. The lowest BCUT2D eigenvalue weighted by atomic mass is 9.78. The smallest absolute Gasteiger partial charge is 0.149 e. The van der Waals surface area contributed by atoms with Crippen molar-refractivity contribution in [3.05, 3.63) is 204 Å². The third kappa shape index (κ3) is 7.94. The van der Waals surface area contributed by atoms with E-state index >= 15 is 0 Å². The van der Waals surface area contributed by atoms with Gasteiger partial charge in [-0.2, -0.15) is 0 Å². The Bertz CT molecular complexity index is 3260. The minimum Gasteiger partial charge on any atom is -0.507 e. The molecule has 0 saturated carbocycles. The number of nitrogens with zero attached hydrogens (tertiary/aromatic N) is 3. The summed E-state index contributed by atoms with van der Waals surface area (Å²) >= 11 is 0. The van der Waals surface area contributed by atoms with Gasteiger partial charge in [-0.05, 0) is 122 Å². The van der Waals surface area contributed by atoms with Crippen LogP contribution in [0.4, 0.5) is 0 Å². The second kappa shape index (κ2) is 16.3. The molecule has 0 unspecified atom stereocenters. The molecule has 0 atom stereocenters. The van der Waals surface area contributed by atoms with Gasteiger partial charge in [0, 0.05) is 26.9 Å². The number of hydrogen-bond acceptors (Lipinski definition) is 3. The summed E-state index contributed by atoms with van der Waals surface area (Å²) in [6.07, 6.45) is 1.79. The molecule has 0 aliphatic rings. The molecule has 318 valence electrons. The molecule has 9 aromatic rings. The van der Waals surface area contributed by atoms with Gasteiger partial charge in [0.25, 0.3) is 0 Å². The Morgan fingerprint density at radius 2 is 1.11 bits per heavy atom. The molecule has 64 heavy (non-hydrogen) atoms. The molecule has 2 aromatic heterocycles. The highest BCUT2D eigenvalue weighted by molar-refractivity contribution is 5.97. The van der Waals surface area contributed by atoms with Crippen LogP contribution in [0.15, 0.2) is 176 Å². The van der Waals surface area contributed by atoms with Gasteiger partial charge in [-0.25, -0.2) is 4.98 Å². The monoisotopic (exact) mass is 838 g/mol. The Morgan fingerprint density at radius 1 is 0.500 bits per heavy atom. The maximum absolute atomic E-state index is 12.1. The number of phenolic OH excluding ortho intramolecular Hbond substituents is 1. The first kappa shape index (κ1) is 38.6. The highest BCUT2D eigenvalue weighted by Crippen LogP contribution is 2.44. The van der Waals surface area contributed by atoms with E-state index in [2.05, 4.69) is 157 Å². The molecule has 0 amide bonds. The normalized spacial score (nSPS) is 13.1. The molecular weight excluding hydrogens is 779 g/mol. The van der Waals surface area contributed by atoms with Crippen LogP contribution in [-0.2, 0) is 16.2 Å². The van der Waals surface area contributed by atoms with Gasteiger partial charge < -0.3 is 5.11 Å². The third-order valence-corrected chi connectivity index (χ3v) is 12.7. The van der Waals surface area contributed by atoms with E-state index in [-0.39, 0.29) is 27.6 Å². The van der Waals surface area contributed by atoms with Gasteiger partial charge in [0.1, 0.15) is 11.6 Å². The maximum atomic E-state index is 12.1. The van der Waals surface area contributed by atoms with E-state index < -0.39 is 6.85 Å². The topological polar surface area (TPSA) is 50.9 Å². The number of aromatic hydroxyl groups is 1. The lowest BCUT2D eigenvalue weighted by molar-refractivity contribution is 0.448. The number of benzene rings is 7. The fraction of sp³-hybridized carbons (Fsp3) is 0.200. The molecule has 9 rings (SSSR count). The predicted molar refractivity (Wildman–Crippen MR) is 268 cm³/mol. The van der Waals surface area contributed by atoms with E-state index in [1.807, 2.05) is 60.7 Å². The number of para-hydroxylation sites is 2. The van der Waals surface area contributed by atoms with Crippen LogP contribution in [0.2, 0.25) is 0 Å². The standard InChI is InChI=1S/C60H57N3O/c1-39-34-44(36-45(35-39)52-38-43(32-33-61-52)41-26-29-47(30-27-41)60(8,9)46-20-14-11-15-21-46)48-22-17-25-54-55(48)62-57(49-23-16-24-50(56(49)64)58(2,3)4)63(54)53-31-28-42(37-51(53)59(5,6)7)40-18-12-10-13-19-40/h10-38,64H,1-9H3/i1D3. The lowest BCUT2D eigenvalue weighted by Crippen LogP contribution is -2.18. The summed E-state index contributed by atoms with van der Waals surface area (Å²) in [6.45, 7) is 15.0. The number of aryl methyl sites for hydroxylation is 1. The number of phenols is 1. The Morgan fingerprint density at radius 3 is 1.81 bits per heavy atom. The predicted octanol–water partition coefficient (Wildman–Crippen LogP) is 15.7. The number of hydrogen-bond donors (Lipinski definition) is 1. The van der Waals surface area contributed by atoms with Crippen molar-refractivity contribution < 1.29 is 9.22 Å². The second-order valence-electron chi connectivity index (χ2n) is 19.5. The zero-order valence-corrected chi connectivity index (χ0v) is 38.0. The van der Waals surface area contributed by atoms with Gasteiger partial charge in [0.2, 0.25) is 0 Å². The molecule has 7 aromatic carbocycles. The van der Waals surface area contributed by atoms with Crippen molar-refractivity contribution in [2.24, 2.45) is 0 Å². The van der Waals surface area contributed by atoms with E-state index in [4.69, 9.17) is 14.1 Å². The minimum absolute atomic E-state index is 0.173. The van der Waals surface area contributed by atoms with Crippen molar-refractivity contribution in [1.82, 2.24) is 14.5 Å². The summed E-state index contributed by atoms with van der Waals surface area (Å²) < 4.78 is 28.1. The fourth-order valence-corrected chi connectivity index (χ4v) is 9.03. The Hall–Kier alpha value is -7.04. The van der Waals surface area contributed by atoms with Gasteiger partial charge in [-0.15, -0.1) is 0 Å². The van der Waals surface area contributed by atoms with Gasteiger partial charge >= 0.3 is 0 Å². The molecule has 0 bridgehead atoms. The summed E-state index contributed by atoms with van der Waals surface area (Å²) in [6, 6.07) is 57.6. The number of imidazole rings is 1. The van der Waals surface area contributed by atoms with Crippen molar-refractivity contribution >= 4 is 11.0 Å². The molecule has 0 fully saturated rings. The first-order valence-corrected chi connectivity index (χ1v) is 22.1. The van der Waals surface area contributed by atoms with Gasteiger partial charge in [-0.1, -0.05) is 177 Å². The van der Waals surface area contributed by atoms with Crippen LogP contribution in [0, 0.1) is 6.85 Å². The Kier molecular flexibility index (Phi) is 9.81. The van der Waals surface area contributed by atoms with Crippen LogP contribution in [0.3, 0.4) is 0 Å². The Balaban J connectivity index is 1.22. The van der Waals surface area contributed by atoms with E-state index in [0.717, 1.165) is 50.1 Å². The van der Waals surface area contributed by atoms with E-state index in [0.29, 0.717) is 33.7 Å². The summed E-state index contributed by atoms with van der Waals surface area (Å²) in [4.78, 5) is 10.3. The van der Waals surface area contributed by atoms with E-state index in [1.165, 1.54) is 11.1 Å². The average molecular weight is 839 g/mol. The average Bonchev–Trinajstić information content (AvgIpc) is 3.70. The zero-order chi connectivity index (χ0) is 47.5. The molecule has 0 aliphatic carbocycles. The first-order valence-electron chi connectivity index (χ1n) is 23.6. The highest BCUT2D eigenvalue weighted by atomic mass is 16.3. The van der Waals surface area contributed by atoms with Crippen LogP contribution in [0.1, 0.15) is 87.3 Å². The zero-order valence-electron chi connectivity index (χ0n) is 41.0. The van der Waals surface area contributed by atoms with Crippen LogP contribution in [-0.4, -0.2) is 19.6 Å². The summed E-state index contributed by atoms with van der Waals surface area (Å²) in [5.74, 6) is 0.766. The molecule has 4 nitrogen and oxygen atoms in total. The van der Waals surface area contributed by atoms with Crippen molar-refractivity contribution in [2.45, 2.75) is 78.5 Å². The number of fused-ring (bicyclic) bond motifs is 1. The van der Waals surface area contributed by atoms with Crippen molar-refractivity contribution in [3.8, 4) is 67.5 Å². The lowest BCUT2D eigenvalue weighted by Gasteiger charge is -2.26. The minimum atomic E-state index is -2.40. The third-order valence-electron chi connectivity index (χ3n) is 12.7. The molecular formula is C60H57N3O. The maximum Gasteiger partial charge on any atom is 0.149 e. The molecule has 4 heteroatoms. The molecule has 0 radical (unpaired) electrons. The fourth-order valence-electron chi connectivity index (χ4n) is 9.03. The molecule has 1 N–H and O–H groups in total. The number of pyridine rings is 1. The van der Waals surface area contributed by atoms with Crippen LogP contribution in [0.5, 0.6) is 5.75 Å². The molecule has 0 spiro atoms. The van der Waals surface area contributed by atoms with E-state index in [1.54, 1.807) is 18.3 Å². The first-order chi connectivity index (χ1) is 31.8. The van der Waals surface area contributed by atoms with Crippen LogP contribution in [0.25, 0.3) is 72.7 Å². The molecule has 2 heterocycles. The molecule has 0 saturated heterocycles. The quantitative estimate of drug-likeness (QED) is 0.166. The highest BCUT2D eigenvalue weighted by Gasteiger charge is 2.28. The van der Waals surface area contributed by atoms with Gasteiger partial charge in [-0.3, -0.25) is 9.55 Å². The summed E-state index contributed by atoms with van der Waals surface area (Å²) in [7, 11) is 0. The summed E-state index contributed by atoms with van der Waals surface area (Å²) in [5, 5.41) is 12.1. The van der Waals surface area contributed by atoms with E-state index in [9.17, 15) is 5.11 Å². The second-order valence-corrected chi connectivity index (χ2v) is 19.5. The van der Waals surface area contributed by atoms with Crippen molar-refractivity contribution in [2.75, 3.05) is 0 Å². The van der Waals surface area contributed by atoms with Crippen molar-refractivity contribution in [1.29, 1.82) is 0 Å². The van der Waals surface area contributed by atoms with Crippen LogP contribution >= 0.6 is 0 Å². The number of rotatable bonds is 8. The van der Waals surface area contributed by atoms with Gasteiger partial charge in [0.05, 0.1) is 28.0 Å². The summed E-state index contributed by atoms with van der Waals surface area (Å²) in [5.41, 5.74) is 13.9. The molecule has 0 aliphatic heterocycles. The Labute approximate surface area is 383 Å². The van der Waals surface area contributed by atoms with Gasteiger partial charge in [0.15, 0.2) is 0 Å². The van der Waals surface area contributed by atoms with Crippen molar-refractivity contribution in [3.63, 3.8) is 0 Å². The van der Waals surface area contributed by atoms with Crippen LogP contribution < -0.4 is 0 Å².